The van der Waals surface area contributed by atoms with Gasteiger partial charge < -0.3 is 10.0 Å². The van der Waals surface area contributed by atoms with Crippen LogP contribution in [0.3, 0.4) is 0 Å². The molecule has 0 bridgehead atoms. The first kappa shape index (κ1) is 18.3. The number of benzene rings is 1. The number of carboxylic acid groups (broad SMARTS) is 1. The summed E-state index contributed by atoms with van der Waals surface area (Å²) in [5.74, 6) is -1.14. The third-order valence-electron chi connectivity index (χ3n) is 3.49. The normalized spacial score (nSPS) is 10.7. The zero-order valence-electron chi connectivity index (χ0n) is 13.3. The number of carboxylic acids is 1. The summed E-state index contributed by atoms with van der Waals surface area (Å²) in [6.45, 7) is 2.18. The van der Waals surface area contributed by atoms with Crippen molar-refractivity contribution in [1.29, 1.82) is 0 Å². The van der Waals surface area contributed by atoms with Crippen LogP contribution in [-0.2, 0) is 4.79 Å². The molecule has 2 aromatic rings. The van der Waals surface area contributed by atoms with Gasteiger partial charge in [0.05, 0.1) is 15.7 Å². The zero-order valence-corrected chi connectivity index (χ0v) is 14.8. The number of carbonyl (C=O) groups is 2. The number of hydrogen-bond donors (Lipinski definition) is 1. The lowest BCUT2D eigenvalue weighted by Gasteiger charge is -2.14. The van der Waals surface area contributed by atoms with Crippen molar-refractivity contribution in [2.75, 3.05) is 13.6 Å². The molecule has 0 unspecified atom stereocenters. The molecule has 1 aromatic heterocycles. The Balaban J connectivity index is 2.16. The monoisotopic (exact) mass is 369 g/mol. The topological polar surface area (TPSA) is 75.4 Å². The molecular formula is C16H17Cl2N3O3. The molecule has 1 aromatic carbocycles. The molecule has 2 rings (SSSR count). The molecule has 0 fully saturated rings. The third kappa shape index (κ3) is 4.27. The predicted molar refractivity (Wildman–Crippen MR) is 92.2 cm³/mol. The maximum atomic E-state index is 12.4. The van der Waals surface area contributed by atoms with Gasteiger partial charge in [-0.2, -0.15) is 5.10 Å². The van der Waals surface area contributed by atoms with Gasteiger partial charge in [0.15, 0.2) is 5.69 Å². The van der Waals surface area contributed by atoms with Gasteiger partial charge in [0, 0.05) is 25.7 Å². The summed E-state index contributed by atoms with van der Waals surface area (Å²) in [6, 6.07) is 6.78. The van der Waals surface area contributed by atoms with E-state index < -0.39 is 5.97 Å². The number of hydrogen-bond acceptors (Lipinski definition) is 3. The molecule has 1 amide bonds. The summed E-state index contributed by atoms with van der Waals surface area (Å²) in [6.07, 6.45) is 0.415. The van der Waals surface area contributed by atoms with Crippen LogP contribution in [0, 0.1) is 6.92 Å². The minimum Gasteiger partial charge on any atom is -0.481 e. The van der Waals surface area contributed by atoms with Gasteiger partial charge >= 0.3 is 5.97 Å². The number of aliphatic carboxylic acids is 1. The summed E-state index contributed by atoms with van der Waals surface area (Å²) in [4.78, 5) is 24.4. The molecule has 0 atom stereocenters. The van der Waals surface area contributed by atoms with Gasteiger partial charge in [-0.25, -0.2) is 4.68 Å². The van der Waals surface area contributed by atoms with Crippen LogP contribution in [0.15, 0.2) is 24.3 Å². The van der Waals surface area contributed by atoms with Crippen molar-refractivity contribution in [3.05, 3.63) is 45.7 Å². The molecule has 0 radical (unpaired) electrons. The molecule has 0 aliphatic rings. The Morgan fingerprint density at radius 3 is 2.58 bits per heavy atom. The summed E-state index contributed by atoms with van der Waals surface area (Å²) >= 11 is 11.9. The van der Waals surface area contributed by atoms with Crippen LogP contribution in [0.5, 0.6) is 0 Å². The van der Waals surface area contributed by atoms with Gasteiger partial charge in [-0.1, -0.05) is 23.2 Å². The van der Waals surface area contributed by atoms with Gasteiger partial charge in [-0.3, -0.25) is 9.59 Å². The quantitative estimate of drug-likeness (QED) is 0.846. The average Bonchev–Trinajstić information content (AvgIpc) is 2.90. The van der Waals surface area contributed by atoms with Crippen molar-refractivity contribution in [1.82, 2.24) is 14.7 Å². The third-order valence-corrected chi connectivity index (χ3v) is 4.22. The second-order valence-electron chi connectivity index (χ2n) is 5.41. The standard InChI is InChI=1S/C16H17Cl2N3O3/c1-10-8-14(16(24)20(2)7-3-4-15(22)23)19-21(10)11-5-6-12(17)13(18)9-11/h5-6,8-9H,3-4,7H2,1-2H3,(H,22,23). The van der Waals surface area contributed by atoms with Crippen molar-refractivity contribution >= 4 is 35.1 Å². The van der Waals surface area contributed by atoms with Gasteiger partial charge in [-0.15, -0.1) is 0 Å². The van der Waals surface area contributed by atoms with Crippen LogP contribution in [0.25, 0.3) is 5.69 Å². The van der Waals surface area contributed by atoms with Crippen molar-refractivity contribution in [2.24, 2.45) is 0 Å². The number of amides is 1. The maximum absolute atomic E-state index is 12.4. The maximum Gasteiger partial charge on any atom is 0.303 e. The van der Waals surface area contributed by atoms with E-state index in [4.69, 9.17) is 28.3 Å². The van der Waals surface area contributed by atoms with Gasteiger partial charge in [0.1, 0.15) is 0 Å². The minimum atomic E-state index is -0.879. The SMILES string of the molecule is Cc1cc(C(=O)N(C)CCCC(=O)O)nn1-c1ccc(Cl)c(Cl)c1. The van der Waals surface area contributed by atoms with E-state index in [0.717, 1.165) is 5.69 Å². The van der Waals surface area contributed by atoms with E-state index in [0.29, 0.717) is 28.7 Å². The fraction of sp³-hybridized carbons (Fsp3) is 0.312. The zero-order chi connectivity index (χ0) is 17.9. The first-order valence-electron chi connectivity index (χ1n) is 7.29. The van der Waals surface area contributed by atoms with E-state index in [1.54, 1.807) is 36.0 Å². The number of rotatable bonds is 6. The summed E-state index contributed by atoms with van der Waals surface area (Å²) in [5, 5.41) is 13.8. The van der Waals surface area contributed by atoms with Crippen molar-refractivity contribution < 1.29 is 14.7 Å². The molecule has 1 N–H and O–H groups in total. The Morgan fingerprint density at radius 2 is 1.96 bits per heavy atom. The number of halogens is 2. The largest absolute Gasteiger partial charge is 0.481 e. The van der Waals surface area contributed by atoms with Gasteiger partial charge in [-0.05, 0) is 37.6 Å². The summed E-state index contributed by atoms with van der Waals surface area (Å²) in [5.41, 5.74) is 1.77. The second kappa shape index (κ2) is 7.68. The molecule has 8 heteroatoms. The Labute approximate surface area is 149 Å². The molecule has 1 heterocycles. The lowest BCUT2D eigenvalue weighted by atomic mass is 10.2. The van der Waals surface area contributed by atoms with Crippen molar-refractivity contribution in [3.8, 4) is 5.69 Å². The van der Waals surface area contributed by atoms with E-state index in [-0.39, 0.29) is 18.0 Å². The molecule has 0 saturated heterocycles. The molecule has 0 spiro atoms. The second-order valence-corrected chi connectivity index (χ2v) is 6.22. The Kier molecular flexibility index (Phi) is 5.85. The highest BCUT2D eigenvalue weighted by Crippen LogP contribution is 2.25. The van der Waals surface area contributed by atoms with E-state index in [1.165, 1.54) is 4.90 Å². The predicted octanol–water partition coefficient (Wildman–Crippen LogP) is 3.42. The summed E-state index contributed by atoms with van der Waals surface area (Å²) in [7, 11) is 1.62. The Hall–Kier alpha value is -2.05. The highest BCUT2D eigenvalue weighted by atomic mass is 35.5. The minimum absolute atomic E-state index is 0.0222. The van der Waals surface area contributed by atoms with Gasteiger partial charge in [0.25, 0.3) is 5.91 Å². The van der Waals surface area contributed by atoms with Crippen molar-refractivity contribution in [3.63, 3.8) is 0 Å². The molecule has 0 aliphatic heterocycles. The summed E-state index contributed by atoms with van der Waals surface area (Å²) < 4.78 is 1.61. The molecule has 24 heavy (non-hydrogen) atoms. The molecular weight excluding hydrogens is 353 g/mol. The fourth-order valence-electron chi connectivity index (χ4n) is 2.22. The smallest absolute Gasteiger partial charge is 0.303 e. The van der Waals surface area contributed by atoms with E-state index >= 15 is 0 Å². The molecule has 0 saturated carbocycles. The van der Waals surface area contributed by atoms with Crippen LogP contribution in [-0.4, -0.2) is 45.3 Å². The lowest BCUT2D eigenvalue weighted by molar-refractivity contribution is -0.137. The van der Waals surface area contributed by atoms with Crippen LogP contribution >= 0.6 is 23.2 Å². The van der Waals surface area contributed by atoms with E-state index in [1.807, 2.05) is 6.92 Å². The Morgan fingerprint density at radius 1 is 1.25 bits per heavy atom. The van der Waals surface area contributed by atoms with Crippen molar-refractivity contribution in [2.45, 2.75) is 19.8 Å². The Bertz CT molecular complexity index is 774. The van der Waals surface area contributed by atoms with Gasteiger partial charge in [0.2, 0.25) is 0 Å². The first-order valence-corrected chi connectivity index (χ1v) is 8.04. The van der Waals surface area contributed by atoms with Crippen LogP contribution < -0.4 is 0 Å². The van der Waals surface area contributed by atoms with Crippen LogP contribution in [0.4, 0.5) is 0 Å². The van der Waals surface area contributed by atoms with E-state index in [9.17, 15) is 9.59 Å². The number of carbonyl (C=O) groups excluding carboxylic acids is 1. The number of aromatic nitrogens is 2. The number of aryl methyl sites for hydroxylation is 1. The number of nitrogens with zero attached hydrogens (tertiary/aromatic N) is 3. The average molecular weight is 370 g/mol. The van der Waals surface area contributed by atoms with E-state index in [2.05, 4.69) is 5.10 Å². The molecule has 6 nitrogen and oxygen atoms in total. The van der Waals surface area contributed by atoms with Crippen LogP contribution in [0.2, 0.25) is 10.0 Å². The van der Waals surface area contributed by atoms with Crippen LogP contribution in [0.1, 0.15) is 29.0 Å². The molecule has 128 valence electrons. The first-order chi connectivity index (χ1) is 11.3. The lowest BCUT2D eigenvalue weighted by Crippen LogP contribution is -2.28. The highest BCUT2D eigenvalue weighted by Gasteiger charge is 2.17. The highest BCUT2D eigenvalue weighted by molar-refractivity contribution is 6.42. The fourth-order valence-corrected chi connectivity index (χ4v) is 2.51. The molecule has 0 aliphatic carbocycles.